The molecular formula is C33H35B4F3N6O2. The average Bonchev–Trinajstić information content (AvgIpc) is 3.66. The molecule has 2 bridgehead atoms. The van der Waals surface area contributed by atoms with E-state index < -0.39 is 28.7 Å². The molecule has 3 unspecified atom stereocenters. The highest BCUT2D eigenvalue weighted by Crippen LogP contribution is 2.51. The van der Waals surface area contributed by atoms with E-state index >= 15 is 8.78 Å². The molecule has 0 aliphatic carbocycles. The minimum Gasteiger partial charge on any atom is -0.508 e. The highest BCUT2D eigenvalue weighted by atomic mass is 19.1. The maximum Gasteiger partial charge on any atom is 0.318 e. The molecule has 4 aliphatic rings. The monoisotopic (exact) mass is 648 g/mol. The zero-order chi connectivity index (χ0) is 33.7. The van der Waals surface area contributed by atoms with Gasteiger partial charge in [-0.05, 0) is 54.6 Å². The Morgan fingerprint density at radius 2 is 1.83 bits per heavy atom. The Labute approximate surface area is 280 Å². The largest absolute Gasteiger partial charge is 0.508 e. The number of hydrogen-bond acceptors (Lipinski definition) is 8. The van der Waals surface area contributed by atoms with Gasteiger partial charge in [-0.1, -0.05) is 12.0 Å². The molecule has 4 aromatic rings. The number of nitrogens with zero attached hydrogens (tertiary/aromatic N) is 5. The number of nitrogens with one attached hydrogen (secondary N) is 1. The number of anilines is 1. The van der Waals surface area contributed by atoms with Crippen LogP contribution in [0.15, 0.2) is 30.5 Å². The maximum atomic E-state index is 17.0. The second kappa shape index (κ2) is 10.8. The lowest BCUT2D eigenvalue weighted by atomic mass is 9.52. The zero-order valence-corrected chi connectivity index (χ0v) is 27.6. The standard InChI is InChI=1S/C33H35B4F3N6O2/c1-2-21-24(39)6-3-16-9-20(47)10-22(25(16)21)27-26(40)28-23(12-41-27)29(45-14-18-4-5-19(15-45)42-18)44-30(43-28)48-33(36,37)31-7-8-32(34,35)46(31)13-17(38)11-31/h1,3,6,9-10,12,17-19,42,47H,4-5,7-8,11,13-15,34-37H2/t17-,18?,19?,31?/m1/s1. The molecular weight excluding hydrogens is 613 g/mol. The number of piperazine rings is 1. The van der Waals surface area contributed by atoms with Gasteiger partial charge in [0.25, 0.3) is 0 Å². The molecule has 0 radical (unpaired) electrons. The van der Waals surface area contributed by atoms with Gasteiger partial charge in [0.05, 0.1) is 16.3 Å². The fraction of sp³-hybridized carbons (Fsp3) is 0.424. The van der Waals surface area contributed by atoms with Crippen LogP contribution in [0.3, 0.4) is 0 Å². The number of fused-ring (bicyclic) bond motifs is 5. The third kappa shape index (κ3) is 4.70. The highest BCUT2D eigenvalue weighted by molar-refractivity contribution is 6.42. The number of alkyl halides is 1. The van der Waals surface area contributed by atoms with Crippen molar-refractivity contribution in [2.45, 2.75) is 66.6 Å². The molecule has 15 heteroatoms. The number of benzene rings is 2. The number of terminal acetylenes is 1. The van der Waals surface area contributed by atoms with Crippen molar-refractivity contribution in [2.24, 2.45) is 0 Å². The Morgan fingerprint density at radius 3 is 2.56 bits per heavy atom. The lowest BCUT2D eigenvalue weighted by Gasteiger charge is -2.49. The van der Waals surface area contributed by atoms with Gasteiger partial charge >= 0.3 is 6.01 Å². The van der Waals surface area contributed by atoms with Gasteiger partial charge in [-0.2, -0.15) is 9.97 Å². The summed E-state index contributed by atoms with van der Waals surface area (Å²) in [6.45, 7) is 1.67. The number of rotatable bonds is 5. The van der Waals surface area contributed by atoms with E-state index in [1.54, 1.807) is 0 Å². The van der Waals surface area contributed by atoms with E-state index in [0.29, 0.717) is 42.6 Å². The van der Waals surface area contributed by atoms with Crippen molar-refractivity contribution in [3.8, 4) is 35.4 Å². The molecule has 2 aromatic carbocycles. The quantitative estimate of drug-likeness (QED) is 0.240. The van der Waals surface area contributed by atoms with Gasteiger partial charge < -0.3 is 25.0 Å². The van der Waals surface area contributed by atoms with E-state index in [4.69, 9.17) is 16.1 Å². The van der Waals surface area contributed by atoms with E-state index in [1.807, 2.05) is 15.7 Å². The number of pyridine rings is 1. The molecule has 0 amide bonds. The van der Waals surface area contributed by atoms with Gasteiger partial charge in [0.15, 0.2) is 5.82 Å². The molecule has 2 aromatic heterocycles. The third-order valence-electron chi connectivity index (χ3n) is 11.4. The van der Waals surface area contributed by atoms with E-state index in [1.165, 1.54) is 30.5 Å². The van der Waals surface area contributed by atoms with Gasteiger partial charge in [0.1, 0.15) is 66.2 Å². The maximum absolute atomic E-state index is 17.0. The normalized spacial score (nSPS) is 26.6. The van der Waals surface area contributed by atoms with E-state index in [-0.39, 0.29) is 56.9 Å². The van der Waals surface area contributed by atoms with Gasteiger partial charge in [-0.25, -0.2) is 13.2 Å². The number of phenolic OH excluding ortho intramolecular Hbond substituents is 1. The first-order chi connectivity index (χ1) is 22.8. The minimum atomic E-state index is -0.988. The highest BCUT2D eigenvalue weighted by Gasteiger charge is 2.63. The second-order valence-corrected chi connectivity index (χ2v) is 15.1. The summed E-state index contributed by atoms with van der Waals surface area (Å²) in [6.07, 6.45) is 10.3. The molecule has 4 atom stereocenters. The third-order valence-corrected chi connectivity index (χ3v) is 11.4. The lowest BCUT2D eigenvalue weighted by molar-refractivity contribution is 0.0395. The van der Waals surface area contributed by atoms with Crippen molar-refractivity contribution >= 4 is 58.9 Å². The van der Waals surface area contributed by atoms with Crippen LogP contribution in [0.5, 0.6) is 11.8 Å². The van der Waals surface area contributed by atoms with Crippen molar-refractivity contribution in [2.75, 3.05) is 24.5 Å². The summed E-state index contributed by atoms with van der Waals surface area (Å²) in [6, 6.07) is 6.02. The first-order valence-electron chi connectivity index (χ1n) is 16.7. The summed E-state index contributed by atoms with van der Waals surface area (Å²) in [7, 11) is 8.17. The Balaban J connectivity index is 1.31. The Hall–Kier alpha value is -3.88. The minimum absolute atomic E-state index is 0.0121. The number of aromatic nitrogens is 3. The molecule has 0 saturated carbocycles. The molecule has 4 aliphatic heterocycles. The first-order valence-corrected chi connectivity index (χ1v) is 16.7. The SMILES string of the molecule is BC1(B)CCC2(C(B)(B)Oc3nc(N4CC5CCC(C4)N5)c4cnc(-c5cc(O)cc6ccc(F)c(C#C)c56)c(F)c4n3)C[C@@H](F)CN12. The summed E-state index contributed by atoms with van der Waals surface area (Å²) in [5.41, 5.74) is -0.671. The summed E-state index contributed by atoms with van der Waals surface area (Å²) in [5.74, 6) is 1.33. The first kappa shape index (κ1) is 31.4. The Morgan fingerprint density at radius 1 is 1.08 bits per heavy atom. The number of hydrogen-bond donors (Lipinski definition) is 2. The van der Waals surface area contributed by atoms with Gasteiger partial charge in [0.2, 0.25) is 0 Å². The molecule has 2 N–H and O–H groups in total. The number of aromatic hydroxyl groups is 1. The fourth-order valence-electron chi connectivity index (χ4n) is 9.04. The van der Waals surface area contributed by atoms with Crippen LogP contribution in [0.2, 0.25) is 0 Å². The number of phenols is 1. The predicted molar refractivity (Wildman–Crippen MR) is 190 cm³/mol. The zero-order valence-electron chi connectivity index (χ0n) is 27.6. The van der Waals surface area contributed by atoms with E-state index in [9.17, 15) is 9.50 Å². The van der Waals surface area contributed by atoms with Crippen LogP contribution in [0, 0.1) is 24.0 Å². The van der Waals surface area contributed by atoms with Gasteiger partial charge in [-0.3, -0.25) is 4.98 Å². The van der Waals surface area contributed by atoms with Crippen molar-refractivity contribution in [1.82, 2.24) is 25.2 Å². The molecule has 8 nitrogen and oxygen atoms in total. The van der Waals surface area contributed by atoms with Crippen LogP contribution in [0.4, 0.5) is 19.0 Å². The summed E-state index contributed by atoms with van der Waals surface area (Å²) in [4.78, 5) is 18.5. The second-order valence-electron chi connectivity index (χ2n) is 15.1. The molecule has 242 valence electrons. The summed E-state index contributed by atoms with van der Waals surface area (Å²) >= 11 is 0. The smallest absolute Gasteiger partial charge is 0.318 e. The fourth-order valence-corrected chi connectivity index (χ4v) is 9.04. The van der Waals surface area contributed by atoms with Crippen molar-refractivity contribution in [3.05, 3.63) is 47.7 Å². The molecule has 48 heavy (non-hydrogen) atoms. The van der Waals surface area contributed by atoms with Crippen LogP contribution in [-0.2, 0) is 0 Å². The van der Waals surface area contributed by atoms with Crippen LogP contribution in [-0.4, -0.2) is 111 Å². The summed E-state index contributed by atoms with van der Waals surface area (Å²) in [5, 5.41) is 14.2. The van der Waals surface area contributed by atoms with Crippen LogP contribution < -0.4 is 15.0 Å². The number of ether oxygens (including phenoxy) is 1. The van der Waals surface area contributed by atoms with Gasteiger partial charge in [-0.15, -0.1) is 6.42 Å². The molecule has 4 fully saturated rings. The molecule has 0 spiro atoms. The van der Waals surface area contributed by atoms with Gasteiger partial charge in [0, 0.05) is 60.8 Å². The number of halogens is 3. The Kier molecular flexibility index (Phi) is 7.07. The Bertz CT molecular complexity index is 2040. The van der Waals surface area contributed by atoms with Crippen LogP contribution in [0.1, 0.15) is 37.7 Å². The molecule has 4 saturated heterocycles. The molecule has 6 heterocycles. The summed E-state index contributed by atoms with van der Waals surface area (Å²) < 4.78 is 53.8. The molecule has 8 rings (SSSR count). The van der Waals surface area contributed by atoms with Crippen molar-refractivity contribution in [1.29, 1.82) is 0 Å². The predicted octanol–water partition coefficient (Wildman–Crippen LogP) is 0.546. The lowest BCUT2D eigenvalue weighted by Crippen LogP contribution is -2.66. The van der Waals surface area contributed by atoms with Crippen molar-refractivity contribution < 1.29 is 23.0 Å². The van der Waals surface area contributed by atoms with Crippen LogP contribution >= 0.6 is 0 Å². The average molecular weight is 648 g/mol. The van der Waals surface area contributed by atoms with E-state index in [0.717, 1.165) is 25.7 Å². The van der Waals surface area contributed by atoms with Crippen molar-refractivity contribution in [3.63, 3.8) is 0 Å². The van der Waals surface area contributed by atoms with E-state index in [2.05, 4.69) is 46.7 Å². The van der Waals surface area contributed by atoms with Crippen LogP contribution in [0.25, 0.3) is 32.9 Å². The topological polar surface area (TPSA) is 86.6 Å².